The van der Waals surface area contributed by atoms with E-state index in [9.17, 15) is 4.79 Å². The predicted octanol–water partition coefficient (Wildman–Crippen LogP) is 2.25. The van der Waals surface area contributed by atoms with Crippen LogP contribution in [-0.2, 0) is 0 Å². The third-order valence-electron chi connectivity index (χ3n) is 3.38. The normalized spacial score (nSPS) is 19.6. The minimum atomic E-state index is -0.156. The van der Waals surface area contributed by atoms with E-state index in [0.29, 0.717) is 16.6 Å². The molecule has 1 unspecified atom stereocenters. The maximum absolute atomic E-state index is 11.7. The zero-order valence-corrected chi connectivity index (χ0v) is 11.9. The highest BCUT2D eigenvalue weighted by molar-refractivity contribution is 6.34. The van der Waals surface area contributed by atoms with Gasteiger partial charge in [0.1, 0.15) is 0 Å². The van der Waals surface area contributed by atoms with Crippen molar-refractivity contribution < 1.29 is 4.79 Å². The van der Waals surface area contributed by atoms with Crippen molar-refractivity contribution >= 4 is 23.2 Å². The van der Waals surface area contributed by atoms with Gasteiger partial charge < -0.3 is 16.0 Å². The number of hydrogen-bond acceptors (Lipinski definition) is 3. The zero-order chi connectivity index (χ0) is 13.7. The molecule has 0 aliphatic carbocycles. The zero-order valence-electron chi connectivity index (χ0n) is 11.1. The molecule has 0 aromatic heterocycles. The molecule has 1 amide bonds. The molecule has 1 aliphatic heterocycles. The lowest BCUT2D eigenvalue weighted by atomic mass is 10.1. The summed E-state index contributed by atoms with van der Waals surface area (Å²) in [6.07, 6.45) is 3.41. The fraction of sp³-hybridized carbons (Fsp3) is 0.500. The molecule has 0 radical (unpaired) electrons. The van der Waals surface area contributed by atoms with Crippen molar-refractivity contribution in [2.45, 2.75) is 25.3 Å². The molecule has 1 saturated heterocycles. The Balaban J connectivity index is 2.09. The average molecular weight is 282 g/mol. The van der Waals surface area contributed by atoms with Crippen molar-refractivity contribution in [3.05, 3.63) is 28.8 Å². The van der Waals surface area contributed by atoms with E-state index in [2.05, 4.69) is 16.0 Å². The van der Waals surface area contributed by atoms with Crippen molar-refractivity contribution in [1.29, 1.82) is 0 Å². The summed E-state index contributed by atoms with van der Waals surface area (Å²) < 4.78 is 0. The number of anilines is 1. The Morgan fingerprint density at radius 1 is 1.37 bits per heavy atom. The van der Waals surface area contributed by atoms with Gasteiger partial charge in [-0.15, -0.1) is 0 Å². The quantitative estimate of drug-likeness (QED) is 0.797. The number of carbonyl (C=O) groups is 1. The van der Waals surface area contributed by atoms with Gasteiger partial charge in [0.15, 0.2) is 0 Å². The maximum Gasteiger partial charge on any atom is 0.252 e. The maximum atomic E-state index is 11.7. The van der Waals surface area contributed by atoms with Crippen molar-refractivity contribution in [3.8, 4) is 0 Å². The molecule has 104 valence electrons. The van der Waals surface area contributed by atoms with E-state index in [4.69, 9.17) is 11.6 Å². The van der Waals surface area contributed by atoms with Crippen LogP contribution in [0.1, 0.15) is 29.6 Å². The van der Waals surface area contributed by atoms with E-state index in [0.717, 1.165) is 31.6 Å². The molecule has 1 aromatic rings. The minimum Gasteiger partial charge on any atom is -0.382 e. The highest BCUT2D eigenvalue weighted by atomic mass is 35.5. The number of nitrogens with one attached hydrogen (secondary N) is 3. The van der Waals surface area contributed by atoms with Gasteiger partial charge in [0, 0.05) is 18.8 Å². The molecule has 3 N–H and O–H groups in total. The standard InChI is InChI=1S/C14H20ClN3O/c1-16-14(19)12-9-11(4-5-13(12)15)18-10-3-2-7-17-8-6-10/h4-5,9-10,17-18H,2-3,6-8H2,1H3,(H,16,19). The Kier molecular flexibility index (Phi) is 5.05. The minimum absolute atomic E-state index is 0.156. The molecule has 4 nitrogen and oxygen atoms in total. The summed E-state index contributed by atoms with van der Waals surface area (Å²) in [5.74, 6) is -0.156. The van der Waals surface area contributed by atoms with Crippen LogP contribution in [0.4, 0.5) is 5.69 Å². The molecular formula is C14H20ClN3O. The fourth-order valence-electron chi connectivity index (χ4n) is 2.32. The summed E-state index contributed by atoms with van der Waals surface area (Å²) in [5, 5.41) is 9.96. The van der Waals surface area contributed by atoms with E-state index >= 15 is 0 Å². The summed E-state index contributed by atoms with van der Waals surface area (Å²) in [6.45, 7) is 2.12. The lowest BCUT2D eigenvalue weighted by Gasteiger charge is -2.18. The van der Waals surface area contributed by atoms with E-state index in [1.54, 1.807) is 13.1 Å². The number of hydrogen-bond donors (Lipinski definition) is 3. The van der Waals surface area contributed by atoms with Gasteiger partial charge in [-0.05, 0) is 50.6 Å². The molecule has 1 heterocycles. The summed E-state index contributed by atoms with van der Waals surface area (Å²) in [5.41, 5.74) is 1.47. The van der Waals surface area contributed by atoms with Gasteiger partial charge >= 0.3 is 0 Å². The van der Waals surface area contributed by atoms with E-state index in [1.165, 1.54) is 6.42 Å². The highest BCUT2D eigenvalue weighted by Gasteiger charge is 2.14. The fourth-order valence-corrected chi connectivity index (χ4v) is 2.53. The van der Waals surface area contributed by atoms with Crippen LogP contribution in [0.25, 0.3) is 0 Å². The van der Waals surface area contributed by atoms with Crippen LogP contribution in [0.2, 0.25) is 5.02 Å². The molecule has 2 rings (SSSR count). The van der Waals surface area contributed by atoms with E-state index < -0.39 is 0 Å². The SMILES string of the molecule is CNC(=O)c1cc(NC2CCCNCC2)ccc1Cl. The molecule has 0 bridgehead atoms. The average Bonchev–Trinajstić information content (AvgIpc) is 2.68. The van der Waals surface area contributed by atoms with Gasteiger partial charge in [-0.1, -0.05) is 11.6 Å². The first-order chi connectivity index (χ1) is 9.20. The van der Waals surface area contributed by atoms with Crippen LogP contribution < -0.4 is 16.0 Å². The van der Waals surface area contributed by atoms with Gasteiger partial charge in [0.2, 0.25) is 0 Å². The second-order valence-corrected chi connectivity index (χ2v) is 5.20. The van der Waals surface area contributed by atoms with Gasteiger partial charge in [0.25, 0.3) is 5.91 Å². The first-order valence-corrected chi connectivity index (χ1v) is 7.07. The van der Waals surface area contributed by atoms with Gasteiger partial charge in [-0.3, -0.25) is 4.79 Å². The molecule has 0 spiro atoms. The molecule has 5 heteroatoms. The number of carbonyl (C=O) groups excluding carboxylic acids is 1. The monoisotopic (exact) mass is 281 g/mol. The van der Waals surface area contributed by atoms with Gasteiger partial charge in [-0.25, -0.2) is 0 Å². The van der Waals surface area contributed by atoms with Crippen molar-refractivity contribution in [3.63, 3.8) is 0 Å². The summed E-state index contributed by atoms with van der Waals surface area (Å²) in [4.78, 5) is 11.7. The van der Waals surface area contributed by atoms with E-state index in [1.807, 2.05) is 12.1 Å². The molecular weight excluding hydrogens is 262 g/mol. The lowest BCUT2D eigenvalue weighted by Crippen LogP contribution is -2.22. The lowest BCUT2D eigenvalue weighted by molar-refractivity contribution is 0.0963. The van der Waals surface area contributed by atoms with E-state index in [-0.39, 0.29) is 5.91 Å². The van der Waals surface area contributed by atoms with Crippen LogP contribution in [0.15, 0.2) is 18.2 Å². The van der Waals surface area contributed by atoms with Crippen LogP contribution in [0.5, 0.6) is 0 Å². The Bertz CT molecular complexity index is 442. The molecule has 19 heavy (non-hydrogen) atoms. The van der Waals surface area contributed by atoms with Crippen molar-refractivity contribution in [1.82, 2.24) is 10.6 Å². The largest absolute Gasteiger partial charge is 0.382 e. The van der Waals surface area contributed by atoms with Gasteiger partial charge in [-0.2, -0.15) is 0 Å². The first-order valence-electron chi connectivity index (χ1n) is 6.69. The predicted molar refractivity (Wildman–Crippen MR) is 79.0 cm³/mol. The second-order valence-electron chi connectivity index (χ2n) is 4.80. The smallest absolute Gasteiger partial charge is 0.252 e. The summed E-state index contributed by atoms with van der Waals surface area (Å²) >= 11 is 6.04. The Morgan fingerprint density at radius 2 is 2.21 bits per heavy atom. The van der Waals surface area contributed by atoms with Gasteiger partial charge in [0.05, 0.1) is 10.6 Å². The van der Waals surface area contributed by atoms with Crippen LogP contribution >= 0.6 is 11.6 Å². The van der Waals surface area contributed by atoms with Crippen molar-refractivity contribution in [2.24, 2.45) is 0 Å². The number of rotatable bonds is 3. The molecule has 0 saturated carbocycles. The molecule has 1 fully saturated rings. The first kappa shape index (κ1) is 14.2. The molecule has 1 aromatic carbocycles. The topological polar surface area (TPSA) is 53.2 Å². The molecule has 1 atom stereocenters. The Hall–Kier alpha value is -1.26. The third-order valence-corrected chi connectivity index (χ3v) is 3.71. The third kappa shape index (κ3) is 3.85. The number of benzene rings is 1. The molecule has 1 aliphatic rings. The Morgan fingerprint density at radius 3 is 3.00 bits per heavy atom. The summed E-state index contributed by atoms with van der Waals surface area (Å²) in [7, 11) is 1.61. The highest BCUT2D eigenvalue weighted by Crippen LogP contribution is 2.22. The number of halogens is 1. The van der Waals surface area contributed by atoms with Crippen LogP contribution in [-0.4, -0.2) is 32.1 Å². The van der Waals surface area contributed by atoms with Crippen LogP contribution in [0, 0.1) is 0 Å². The number of amides is 1. The summed E-state index contributed by atoms with van der Waals surface area (Å²) in [6, 6.07) is 5.96. The van der Waals surface area contributed by atoms with Crippen molar-refractivity contribution in [2.75, 3.05) is 25.5 Å². The second kappa shape index (κ2) is 6.78. The van der Waals surface area contributed by atoms with Crippen LogP contribution in [0.3, 0.4) is 0 Å². The Labute approximate surface area is 118 Å².